The Morgan fingerprint density at radius 2 is 2.04 bits per heavy atom. The van der Waals surface area contributed by atoms with Gasteiger partial charge in [0.2, 0.25) is 5.91 Å². The Balaban J connectivity index is 0.00000280. The monoisotopic (exact) mass is 503 g/mol. The third kappa shape index (κ3) is 5.84. The van der Waals surface area contributed by atoms with Gasteiger partial charge in [-0.15, -0.1) is 24.0 Å². The molecule has 7 nitrogen and oxygen atoms in total. The van der Waals surface area contributed by atoms with E-state index < -0.39 is 0 Å². The predicted octanol–water partition coefficient (Wildman–Crippen LogP) is 2.80. The molecule has 1 aromatic heterocycles. The number of likely N-dealkylation sites (tertiary alicyclic amines) is 1. The SMILES string of the molecule is CN=C(NCCCc1c(C)noc1C)NC1CCN(C(=O)C2CCCC2)C1.I. The number of aromatic nitrogens is 1. The summed E-state index contributed by atoms with van der Waals surface area (Å²) >= 11 is 0. The van der Waals surface area contributed by atoms with Crippen LogP contribution in [0.15, 0.2) is 9.52 Å². The van der Waals surface area contributed by atoms with Gasteiger partial charge in [0.15, 0.2) is 5.96 Å². The Kier molecular flexibility index (Phi) is 9.04. The number of amides is 1. The van der Waals surface area contributed by atoms with Crippen LogP contribution in [0.1, 0.15) is 55.5 Å². The van der Waals surface area contributed by atoms with Crippen molar-refractivity contribution in [3.05, 3.63) is 17.0 Å². The molecular weight excluding hydrogens is 469 g/mol. The first-order chi connectivity index (χ1) is 13.1. The molecule has 2 fully saturated rings. The summed E-state index contributed by atoms with van der Waals surface area (Å²) in [6, 6.07) is 0.282. The minimum atomic E-state index is 0. The van der Waals surface area contributed by atoms with Crippen molar-refractivity contribution in [3.63, 3.8) is 0 Å². The van der Waals surface area contributed by atoms with Crippen LogP contribution in [-0.4, -0.2) is 54.6 Å². The lowest BCUT2D eigenvalue weighted by Crippen LogP contribution is -2.45. The second-order valence-electron chi connectivity index (χ2n) is 7.80. The highest BCUT2D eigenvalue weighted by Crippen LogP contribution is 2.27. The number of rotatable bonds is 6. The number of halogens is 1. The second-order valence-corrected chi connectivity index (χ2v) is 7.80. The second kappa shape index (κ2) is 11.0. The molecule has 0 bridgehead atoms. The fourth-order valence-electron chi connectivity index (χ4n) is 4.23. The number of carbonyl (C=O) groups is 1. The van der Waals surface area contributed by atoms with E-state index in [-0.39, 0.29) is 35.9 Å². The zero-order valence-electron chi connectivity index (χ0n) is 17.3. The van der Waals surface area contributed by atoms with E-state index in [4.69, 9.17) is 4.52 Å². The lowest BCUT2D eigenvalue weighted by atomic mass is 10.1. The van der Waals surface area contributed by atoms with Gasteiger partial charge in [0.1, 0.15) is 5.76 Å². The van der Waals surface area contributed by atoms with Crippen LogP contribution >= 0.6 is 24.0 Å². The number of carbonyl (C=O) groups excluding carboxylic acids is 1. The number of hydrogen-bond donors (Lipinski definition) is 2. The number of nitrogens with one attached hydrogen (secondary N) is 2. The van der Waals surface area contributed by atoms with E-state index in [0.29, 0.717) is 5.91 Å². The molecule has 1 saturated carbocycles. The predicted molar refractivity (Wildman–Crippen MR) is 121 cm³/mol. The van der Waals surface area contributed by atoms with Crippen molar-refractivity contribution in [2.45, 2.75) is 64.8 Å². The molecular formula is C20H34IN5O2. The Bertz CT molecular complexity index is 650. The van der Waals surface area contributed by atoms with E-state index in [1.54, 1.807) is 7.05 Å². The third-order valence-electron chi connectivity index (χ3n) is 5.85. The Labute approximate surface area is 185 Å². The van der Waals surface area contributed by atoms with E-state index in [0.717, 1.165) is 69.2 Å². The normalized spacial score (nSPS) is 20.3. The molecule has 2 heterocycles. The van der Waals surface area contributed by atoms with Crippen molar-refractivity contribution < 1.29 is 9.32 Å². The summed E-state index contributed by atoms with van der Waals surface area (Å²) in [6.07, 6.45) is 7.47. The smallest absolute Gasteiger partial charge is 0.225 e. The number of hydrogen-bond acceptors (Lipinski definition) is 4. The van der Waals surface area contributed by atoms with E-state index in [1.165, 1.54) is 18.4 Å². The van der Waals surface area contributed by atoms with Crippen LogP contribution in [0.4, 0.5) is 0 Å². The standard InChI is InChI=1S/C20H33N5O2.HI/c1-14-18(15(2)27-24-14)9-6-11-22-20(21-3)23-17-10-12-25(13-17)19(26)16-7-4-5-8-16;/h16-17H,4-13H2,1-3H3,(H2,21,22,23);1H. The molecule has 1 saturated heterocycles. The first kappa shape index (κ1) is 23.0. The Morgan fingerprint density at radius 1 is 1.29 bits per heavy atom. The molecule has 0 aromatic carbocycles. The summed E-state index contributed by atoms with van der Waals surface area (Å²) < 4.78 is 5.21. The van der Waals surface area contributed by atoms with Gasteiger partial charge >= 0.3 is 0 Å². The minimum Gasteiger partial charge on any atom is -0.361 e. The van der Waals surface area contributed by atoms with Gasteiger partial charge in [-0.2, -0.15) is 0 Å². The number of aryl methyl sites for hydroxylation is 2. The molecule has 1 unspecified atom stereocenters. The zero-order valence-corrected chi connectivity index (χ0v) is 19.6. The number of guanidine groups is 1. The van der Waals surface area contributed by atoms with Gasteiger partial charge in [-0.25, -0.2) is 0 Å². The van der Waals surface area contributed by atoms with Gasteiger partial charge in [0.25, 0.3) is 0 Å². The molecule has 2 aliphatic rings. The van der Waals surface area contributed by atoms with Crippen molar-refractivity contribution in [1.29, 1.82) is 0 Å². The Hall–Kier alpha value is -1.32. The van der Waals surface area contributed by atoms with Crippen molar-refractivity contribution in [2.24, 2.45) is 10.9 Å². The van der Waals surface area contributed by atoms with Gasteiger partial charge < -0.3 is 20.1 Å². The lowest BCUT2D eigenvalue weighted by Gasteiger charge is -2.21. The minimum absolute atomic E-state index is 0. The quantitative estimate of drug-likeness (QED) is 0.270. The maximum absolute atomic E-state index is 12.6. The zero-order chi connectivity index (χ0) is 19.2. The van der Waals surface area contributed by atoms with Gasteiger partial charge in [0.05, 0.1) is 5.69 Å². The summed E-state index contributed by atoms with van der Waals surface area (Å²) in [5.74, 6) is 2.35. The topological polar surface area (TPSA) is 82.8 Å². The molecule has 0 radical (unpaired) electrons. The number of aliphatic imine (C=N–C) groups is 1. The number of nitrogens with zero attached hydrogens (tertiary/aromatic N) is 3. The fraction of sp³-hybridized carbons (Fsp3) is 0.750. The maximum atomic E-state index is 12.6. The van der Waals surface area contributed by atoms with Gasteiger partial charge in [0, 0.05) is 44.2 Å². The van der Waals surface area contributed by atoms with E-state index >= 15 is 0 Å². The molecule has 3 rings (SSSR count). The van der Waals surface area contributed by atoms with E-state index in [1.807, 2.05) is 18.7 Å². The summed E-state index contributed by atoms with van der Waals surface area (Å²) in [5, 5.41) is 10.9. The molecule has 1 amide bonds. The fourth-order valence-corrected chi connectivity index (χ4v) is 4.23. The highest BCUT2D eigenvalue weighted by Gasteiger charge is 2.32. The first-order valence-corrected chi connectivity index (χ1v) is 10.3. The highest BCUT2D eigenvalue weighted by molar-refractivity contribution is 14.0. The van der Waals surface area contributed by atoms with Crippen LogP contribution in [-0.2, 0) is 11.2 Å². The molecule has 8 heteroatoms. The molecule has 158 valence electrons. The van der Waals surface area contributed by atoms with Crippen LogP contribution in [0.3, 0.4) is 0 Å². The summed E-state index contributed by atoms with van der Waals surface area (Å²) in [6.45, 7) is 6.42. The molecule has 1 atom stereocenters. The largest absolute Gasteiger partial charge is 0.361 e. The average Bonchev–Trinajstić information content (AvgIpc) is 3.41. The van der Waals surface area contributed by atoms with Crippen LogP contribution < -0.4 is 10.6 Å². The molecule has 1 aliphatic carbocycles. The highest BCUT2D eigenvalue weighted by atomic mass is 127. The van der Waals surface area contributed by atoms with Gasteiger partial charge in [-0.3, -0.25) is 9.79 Å². The summed E-state index contributed by atoms with van der Waals surface area (Å²) in [4.78, 5) is 18.9. The molecule has 1 aliphatic heterocycles. The maximum Gasteiger partial charge on any atom is 0.225 e. The van der Waals surface area contributed by atoms with Gasteiger partial charge in [-0.05, 0) is 46.0 Å². The molecule has 1 aromatic rings. The molecule has 28 heavy (non-hydrogen) atoms. The van der Waals surface area contributed by atoms with Crippen LogP contribution in [0.5, 0.6) is 0 Å². The van der Waals surface area contributed by atoms with Crippen molar-refractivity contribution >= 4 is 35.8 Å². The van der Waals surface area contributed by atoms with Crippen LogP contribution in [0, 0.1) is 19.8 Å². The van der Waals surface area contributed by atoms with Gasteiger partial charge in [-0.1, -0.05) is 18.0 Å². The van der Waals surface area contributed by atoms with Crippen molar-refractivity contribution in [1.82, 2.24) is 20.7 Å². The first-order valence-electron chi connectivity index (χ1n) is 10.3. The van der Waals surface area contributed by atoms with E-state index in [9.17, 15) is 4.79 Å². The average molecular weight is 503 g/mol. The van der Waals surface area contributed by atoms with Crippen molar-refractivity contribution in [3.8, 4) is 0 Å². The third-order valence-corrected chi connectivity index (χ3v) is 5.85. The summed E-state index contributed by atoms with van der Waals surface area (Å²) in [5.41, 5.74) is 2.18. The summed E-state index contributed by atoms with van der Waals surface area (Å²) in [7, 11) is 1.79. The molecule has 0 spiro atoms. The molecule has 2 N–H and O–H groups in total. The van der Waals surface area contributed by atoms with Crippen molar-refractivity contribution in [2.75, 3.05) is 26.7 Å². The Morgan fingerprint density at radius 3 is 2.68 bits per heavy atom. The van der Waals surface area contributed by atoms with Crippen LogP contribution in [0.25, 0.3) is 0 Å². The lowest BCUT2D eigenvalue weighted by molar-refractivity contribution is -0.134. The van der Waals surface area contributed by atoms with Crippen LogP contribution in [0.2, 0.25) is 0 Å². The van der Waals surface area contributed by atoms with E-state index in [2.05, 4.69) is 20.8 Å².